The van der Waals surface area contributed by atoms with Crippen LogP contribution < -0.4 is 16.2 Å². The lowest BCUT2D eigenvalue weighted by Gasteiger charge is -1.97. The zero-order valence-corrected chi connectivity index (χ0v) is 7.63. The van der Waals surface area contributed by atoms with Crippen LogP contribution in [0.2, 0.25) is 0 Å². The summed E-state index contributed by atoms with van der Waals surface area (Å²) in [5.41, 5.74) is 11.6. The van der Waals surface area contributed by atoms with Gasteiger partial charge in [-0.15, -0.1) is 0 Å². The van der Waals surface area contributed by atoms with Crippen molar-refractivity contribution in [1.82, 2.24) is 15.0 Å². The van der Waals surface area contributed by atoms with Crippen LogP contribution in [0.15, 0.2) is 0 Å². The zero-order valence-electron chi connectivity index (χ0n) is 6.81. The molecule has 0 radical (unpaired) electrons. The molecule has 0 amide bonds. The van der Waals surface area contributed by atoms with Crippen molar-refractivity contribution in [2.75, 3.05) is 18.6 Å². The van der Waals surface area contributed by atoms with Gasteiger partial charge in [0, 0.05) is 0 Å². The largest absolute Gasteiger partial charge is 0.467 e. The highest BCUT2D eigenvalue weighted by atomic mass is 32.1. The van der Waals surface area contributed by atoms with Gasteiger partial charge < -0.3 is 16.2 Å². The van der Waals surface area contributed by atoms with E-state index in [4.69, 9.17) is 16.2 Å². The highest BCUT2D eigenvalue weighted by Crippen LogP contribution is 2.27. The molecule has 0 aliphatic carbocycles. The molecule has 0 spiro atoms. The third-order valence-electron chi connectivity index (χ3n) is 1.46. The maximum absolute atomic E-state index is 5.63. The van der Waals surface area contributed by atoms with Crippen LogP contribution in [-0.4, -0.2) is 22.1 Å². The highest BCUT2D eigenvalue weighted by molar-refractivity contribution is 7.22. The van der Waals surface area contributed by atoms with Crippen LogP contribution in [0.1, 0.15) is 0 Å². The number of nitrogens with two attached hydrogens (primary N) is 2. The lowest BCUT2D eigenvalue weighted by Crippen LogP contribution is -1.97. The van der Waals surface area contributed by atoms with Crippen LogP contribution in [-0.2, 0) is 0 Å². The van der Waals surface area contributed by atoms with Crippen LogP contribution in [0, 0.1) is 0 Å². The van der Waals surface area contributed by atoms with Gasteiger partial charge >= 0.3 is 6.01 Å². The summed E-state index contributed by atoms with van der Waals surface area (Å²) in [4.78, 5) is 11.8. The van der Waals surface area contributed by atoms with Crippen molar-refractivity contribution in [2.45, 2.75) is 0 Å². The summed E-state index contributed by atoms with van der Waals surface area (Å²) in [7, 11) is 1.47. The maximum atomic E-state index is 5.63. The second kappa shape index (κ2) is 2.70. The van der Waals surface area contributed by atoms with Crippen LogP contribution in [0.5, 0.6) is 6.01 Å². The third kappa shape index (κ3) is 1.22. The molecule has 2 rings (SSSR count). The summed E-state index contributed by atoms with van der Waals surface area (Å²) in [5.74, 6) is 0.344. The molecule has 6 nitrogen and oxygen atoms in total. The first-order valence-corrected chi connectivity index (χ1v) is 4.26. The molecule has 2 aromatic heterocycles. The Morgan fingerprint density at radius 3 is 2.69 bits per heavy atom. The predicted molar refractivity (Wildman–Crippen MR) is 50.6 cm³/mol. The quantitative estimate of drug-likeness (QED) is 0.680. The van der Waals surface area contributed by atoms with Gasteiger partial charge in [-0.25, -0.2) is 0 Å². The first kappa shape index (κ1) is 7.99. The fraction of sp³-hybridized carbons (Fsp3) is 0.167. The molecular formula is C6H7N5OS. The van der Waals surface area contributed by atoms with Crippen molar-refractivity contribution in [3.05, 3.63) is 0 Å². The van der Waals surface area contributed by atoms with Crippen LogP contribution in [0.4, 0.5) is 10.9 Å². The average Bonchev–Trinajstić information content (AvgIpc) is 2.46. The molecule has 0 atom stereocenters. The van der Waals surface area contributed by atoms with E-state index in [0.29, 0.717) is 21.3 Å². The molecule has 0 aliphatic heterocycles. The fourth-order valence-corrected chi connectivity index (χ4v) is 1.61. The summed E-state index contributed by atoms with van der Waals surface area (Å²) in [6, 6.07) is 0.204. The van der Waals surface area contributed by atoms with E-state index in [-0.39, 0.29) is 6.01 Å². The topological polar surface area (TPSA) is 99.9 Å². The second-order valence-electron chi connectivity index (χ2n) is 2.30. The van der Waals surface area contributed by atoms with Gasteiger partial charge in [-0.1, -0.05) is 11.3 Å². The number of anilines is 2. The summed E-state index contributed by atoms with van der Waals surface area (Å²) in [6.07, 6.45) is 0. The van der Waals surface area contributed by atoms with Crippen molar-refractivity contribution in [1.29, 1.82) is 0 Å². The second-order valence-corrected chi connectivity index (χ2v) is 3.33. The fourth-order valence-electron chi connectivity index (χ4n) is 0.931. The molecule has 0 saturated heterocycles. The molecule has 7 heteroatoms. The Hall–Kier alpha value is -1.63. The van der Waals surface area contributed by atoms with E-state index in [1.807, 2.05) is 0 Å². The number of rotatable bonds is 1. The number of fused-ring (bicyclic) bond motifs is 1. The van der Waals surface area contributed by atoms with Crippen molar-refractivity contribution >= 4 is 32.6 Å². The van der Waals surface area contributed by atoms with E-state index >= 15 is 0 Å². The smallest absolute Gasteiger partial charge is 0.320 e. The molecule has 0 bridgehead atoms. The number of thiazole rings is 1. The summed E-state index contributed by atoms with van der Waals surface area (Å²) in [5, 5.41) is 0.421. The van der Waals surface area contributed by atoms with Crippen molar-refractivity contribution < 1.29 is 4.74 Å². The molecular weight excluding hydrogens is 190 g/mol. The lowest BCUT2D eigenvalue weighted by molar-refractivity contribution is 0.382. The van der Waals surface area contributed by atoms with E-state index in [1.54, 1.807) is 0 Å². The molecule has 2 aromatic rings. The van der Waals surface area contributed by atoms with E-state index in [2.05, 4.69) is 15.0 Å². The SMILES string of the molecule is COc1nc(N)c2sc(N)nc2n1. The van der Waals surface area contributed by atoms with Gasteiger partial charge in [0.15, 0.2) is 16.6 Å². The number of nitrogen functional groups attached to an aromatic ring is 2. The molecule has 0 fully saturated rings. The number of ether oxygens (including phenoxy) is 1. The van der Waals surface area contributed by atoms with E-state index in [9.17, 15) is 0 Å². The number of hydrogen-bond donors (Lipinski definition) is 2. The predicted octanol–water partition coefficient (Wildman–Crippen LogP) is 0.259. The minimum atomic E-state index is 0.204. The standard InChI is InChI=1S/C6H7N5OS/c1-12-6-9-3(7)2-4(11-6)10-5(8)13-2/h1H3,(H4,7,8,9,10,11). The normalized spacial score (nSPS) is 10.5. The highest BCUT2D eigenvalue weighted by Gasteiger charge is 2.09. The first-order valence-electron chi connectivity index (χ1n) is 3.44. The molecule has 0 saturated carbocycles. The number of methoxy groups -OCH3 is 1. The van der Waals surface area contributed by atoms with Crippen molar-refractivity contribution in [2.24, 2.45) is 0 Å². The van der Waals surface area contributed by atoms with Crippen LogP contribution in [0.25, 0.3) is 10.3 Å². The summed E-state index contributed by atoms with van der Waals surface area (Å²) in [6.45, 7) is 0. The first-order chi connectivity index (χ1) is 6.20. The van der Waals surface area contributed by atoms with Gasteiger partial charge in [0.2, 0.25) is 0 Å². The lowest BCUT2D eigenvalue weighted by atomic mass is 10.5. The molecule has 2 heterocycles. The number of hydrogen-bond acceptors (Lipinski definition) is 7. The average molecular weight is 197 g/mol. The number of aromatic nitrogens is 3. The Morgan fingerprint density at radius 1 is 1.23 bits per heavy atom. The Kier molecular flexibility index (Phi) is 1.66. The zero-order chi connectivity index (χ0) is 9.42. The van der Waals surface area contributed by atoms with Crippen LogP contribution >= 0.6 is 11.3 Å². The van der Waals surface area contributed by atoms with Crippen molar-refractivity contribution in [3.63, 3.8) is 0 Å². The van der Waals surface area contributed by atoms with Gasteiger partial charge in [0.1, 0.15) is 4.70 Å². The van der Waals surface area contributed by atoms with E-state index < -0.39 is 0 Å². The van der Waals surface area contributed by atoms with Gasteiger partial charge in [-0.3, -0.25) is 0 Å². The van der Waals surface area contributed by atoms with E-state index in [0.717, 1.165) is 0 Å². The van der Waals surface area contributed by atoms with Gasteiger partial charge in [0.05, 0.1) is 7.11 Å². The Labute approximate surface area is 77.6 Å². The Bertz CT molecular complexity index is 453. The minimum Gasteiger partial charge on any atom is -0.467 e. The monoisotopic (exact) mass is 197 g/mol. The maximum Gasteiger partial charge on any atom is 0.320 e. The summed E-state index contributed by atoms with van der Waals surface area (Å²) >= 11 is 1.26. The molecule has 0 aliphatic rings. The van der Waals surface area contributed by atoms with Gasteiger partial charge in [0.25, 0.3) is 0 Å². The Morgan fingerprint density at radius 2 is 2.00 bits per heavy atom. The molecule has 13 heavy (non-hydrogen) atoms. The van der Waals surface area contributed by atoms with E-state index in [1.165, 1.54) is 18.4 Å². The van der Waals surface area contributed by atoms with Crippen molar-refractivity contribution in [3.8, 4) is 6.01 Å². The minimum absolute atomic E-state index is 0.204. The molecule has 4 N–H and O–H groups in total. The molecule has 68 valence electrons. The van der Waals surface area contributed by atoms with Gasteiger partial charge in [-0.05, 0) is 0 Å². The molecule has 0 aromatic carbocycles. The van der Waals surface area contributed by atoms with Crippen LogP contribution in [0.3, 0.4) is 0 Å². The third-order valence-corrected chi connectivity index (χ3v) is 2.35. The summed E-state index contributed by atoms with van der Waals surface area (Å²) < 4.78 is 5.53. The van der Waals surface area contributed by atoms with Gasteiger partial charge in [-0.2, -0.15) is 15.0 Å². The Balaban J connectivity index is 2.75. The molecule has 0 unspecified atom stereocenters. The number of nitrogens with zero attached hydrogens (tertiary/aromatic N) is 3.